The lowest BCUT2D eigenvalue weighted by Gasteiger charge is -2.36. The molecule has 1 aromatic carbocycles. The quantitative estimate of drug-likeness (QED) is 0.380. The van der Waals surface area contributed by atoms with Crippen molar-refractivity contribution in [3.05, 3.63) is 29.3 Å². The maximum Gasteiger partial charge on any atom is 0.170 e. The predicted octanol–water partition coefficient (Wildman–Crippen LogP) is 1.62. The maximum absolute atomic E-state index is 8.76. The molecule has 0 amide bonds. The Labute approximate surface area is 120 Å². The minimum atomic E-state index is 0.168. The zero-order valence-electron chi connectivity index (χ0n) is 12.3. The standard InChI is InChI=1S/C15H24N4O/c1-3-6-18-7-9-19(10-8-18)13-4-5-14(12(2)11-13)15(16)17-20/h4-5,11,20H,3,6-10H2,1-2H3,(H2,16,17). The molecule has 110 valence electrons. The van der Waals surface area contributed by atoms with Crippen molar-refractivity contribution in [3.63, 3.8) is 0 Å². The van der Waals surface area contributed by atoms with Gasteiger partial charge in [-0.05, 0) is 43.7 Å². The van der Waals surface area contributed by atoms with Crippen LogP contribution in [0, 0.1) is 6.92 Å². The highest BCUT2D eigenvalue weighted by Crippen LogP contribution is 2.20. The second-order valence-electron chi connectivity index (χ2n) is 5.31. The molecule has 0 unspecified atom stereocenters. The van der Waals surface area contributed by atoms with Crippen LogP contribution in [0.3, 0.4) is 0 Å². The lowest BCUT2D eigenvalue weighted by Crippen LogP contribution is -2.46. The summed E-state index contributed by atoms with van der Waals surface area (Å²) in [5, 5.41) is 11.8. The second kappa shape index (κ2) is 6.61. The van der Waals surface area contributed by atoms with Gasteiger partial charge in [-0.2, -0.15) is 0 Å². The first kappa shape index (κ1) is 14.7. The van der Waals surface area contributed by atoms with Crippen molar-refractivity contribution in [1.82, 2.24) is 4.90 Å². The fourth-order valence-corrected chi connectivity index (χ4v) is 2.73. The predicted molar refractivity (Wildman–Crippen MR) is 82.6 cm³/mol. The molecule has 0 radical (unpaired) electrons. The molecule has 0 saturated carbocycles. The number of aryl methyl sites for hydroxylation is 1. The Kier molecular flexibility index (Phi) is 4.84. The van der Waals surface area contributed by atoms with Gasteiger partial charge < -0.3 is 15.8 Å². The number of amidine groups is 1. The summed E-state index contributed by atoms with van der Waals surface area (Å²) in [6, 6.07) is 6.09. The van der Waals surface area contributed by atoms with E-state index in [1.807, 2.05) is 13.0 Å². The summed E-state index contributed by atoms with van der Waals surface area (Å²) in [7, 11) is 0. The lowest BCUT2D eigenvalue weighted by molar-refractivity contribution is 0.258. The Morgan fingerprint density at radius 2 is 2.00 bits per heavy atom. The van der Waals surface area contributed by atoms with E-state index in [9.17, 15) is 0 Å². The van der Waals surface area contributed by atoms with E-state index in [0.29, 0.717) is 0 Å². The molecule has 1 saturated heterocycles. The van der Waals surface area contributed by atoms with Gasteiger partial charge in [-0.25, -0.2) is 0 Å². The molecule has 1 fully saturated rings. The Morgan fingerprint density at radius 3 is 2.55 bits per heavy atom. The number of piperazine rings is 1. The molecular weight excluding hydrogens is 252 g/mol. The molecule has 1 heterocycles. The molecule has 0 aromatic heterocycles. The van der Waals surface area contributed by atoms with Gasteiger partial charge >= 0.3 is 0 Å². The average molecular weight is 276 g/mol. The number of nitrogens with zero attached hydrogens (tertiary/aromatic N) is 3. The van der Waals surface area contributed by atoms with E-state index in [0.717, 1.165) is 37.3 Å². The van der Waals surface area contributed by atoms with Crippen molar-refractivity contribution in [2.45, 2.75) is 20.3 Å². The van der Waals surface area contributed by atoms with Crippen LogP contribution in [-0.4, -0.2) is 48.7 Å². The maximum atomic E-state index is 8.76. The third-order valence-electron chi connectivity index (χ3n) is 3.87. The molecule has 0 atom stereocenters. The third-order valence-corrected chi connectivity index (χ3v) is 3.87. The number of hydrogen-bond acceptors (Lipinski definition) is 4. The number of anilines is 1. The molecule has 1 aliphatic rings. The van der Waals surface area contributed by atoms with Crippen molar-refractivity contribution in [3.8, 4) is 0 Å². The van der Waals surface area contributed by atoms with Gasteiger partial charge in [-0.1, -0.05) is 12.1 Å². The fourth-order valence-electron chi connectivity index (χ4n) is 2.73. The zero-order valence-corrected chi connectivity index (χ0v) is 12.3. The van der Waals surface area contributed by atoms with Gasteiger partial charge in [0, 0.05) is 37.4 Å². The Hall–Kier alpha value is -1.75. The van der Waals surface area contributed by atoms with E-state index in [1.54, 1.807) is 0 Å². The number of hydrogen-bond donors (Lipinski definition) is 2. The van der Waals surface area contributed by atoms with Crippen LogP contribution < -0.4 is 10.6 Å². The van der Waals surface area contributed by atoms with Crippen molar-refractivity contribution in [1.29, 1.82) is 0 Å². The van der Waals surface area contributed by atoms with Gasteiger partial charge in [0.15, 0.2) is 5.84 Å². The second-order valence-corrected chi connectivity index (χ2v) is 5.31. The van der Waals surface area contributed by atoms with E-state index < -0.39 is 0 Å². The Balaban J connectivity index is 2.06. The molecule has 2 rings (SSSR count). The van der Waals surface area contributed by atoms with Gasteiger partial charge in [0.1, 0.15) is 0 Å². The molecule has 0 aliphatic carbocycles. The molecular formula is C15H24N4O. The van der Waals surface area contributed by atoms with Crippen molar-refractivity contribution in [2.75, 3.05) is 37.6 Å². The SMILES string of the molecule is CCCN1CCN(c2ccc(/C(N)=N/O)c(C)c2)CC1. The van der Waals surface area contributed by atoms with Crippen LogP contribution in [0.1, 0.15) is 24.5 Å². The van der Waals surface area contributed by atoms with E-state index in [-0.39, 0.29) is 5.84 Å². The average Bonchev–Trinajstić information content (AvgIpc) is 2.47. The summed E-state index contributed by atoms with van der Waals surface area (Å²) in [6.45, 7) is 9.76. The number of rotatable bonds is 4. The smallest absolute Gasteiger partial charge is 0.170 e. The number of oxime groups is 1. The van der Waals surface area contributed by atoms with Gasteiger partial charge in [-0.15, -0.1) is 0 Å². The number of nitrogens with two attached hydrogens (primary N) is 1. The Bertz CT molecular complexity index is 479. The summed E-state index contributed by atoms with van der Waals surface area (Å²) in [6.07, 6.45) is 1.22. The van der Waals surface area contributed by atoms with Crippen LogP contribution >= 0.6 is 0 Å². The van der Waals surface area contributed by atoms with Crippen molar-refractivity contribution >= 4 is 11.5 Å². The number of benzene rings is 1. The van der Waals surface area contributed by atoms with E-state index in [1.165, 1.54) is 18.7 Å². The first-order valence-electron chi connectivity index (χ1n) is 7.21. The largest absolute Gasteiger partial charge is 0.409 e. The van der Waals surface area contributed by atoms with Crippen LogP contribution in [-0.2, 0) is 0 Å². The summed E-state index contributed by atoms with van der Waals surface area (Å²) in [4.78, 5) is 4.91. The van der Waals surface area contributed by atoms with Gasteiger partial charge in [0.25, 0.3) is 0 Å². The summed E-state index contributed by atoms with van der Waals surface area (Å²) >= 11 is 0. The summed E-state index contributed by atoms with van der Waals surface area (Å²) < 4.78 is 0. The monoisotopic (exact) mass is 276 g/mol. The minimum Gasteiger partial charge on any atom is -0.409 e. The van der Waals surface area contributed by atoms with E-state index >= 15 is 0 Å². The normalized spacial score (nSPS) is 17.5. The fraction of sp³-hybridized carbons (Fsp3) is 0.533. The van der Waals surface area contributed by atoms with Crippen LogP contribution in [0.25, 0.3) is 0 Å². The van der Waals surface area contributed by atoms with Gasteiger partial charge in [0.2, 0.25) is 0 Å². The van der Waals surface area contributed by atoms with Crippen LogP contribution in [0.15, 0.2) is 23.4 Å². The first-order chi connectivity index (χ1) is 9.65. The van der Waals surface area contributed by atoms with Crippen LogP contribution in [0.5, 0.6) is 0 Å². The van der Waals surface area contributed by atoms with Crippen LogP contribution in [0.4, 0.5) is 5.69 Å². The highest BCUT2D eigenvalue weighted by Gasteiger charge is 2.17. The molecule has 1 aliphatic heterocycles. The molecule has 20 heavy (non-hydrogen) atoms. The molecule has 0 bridgehead atoms. The highest BCUT2D eigenvalue weighted by atomic mass is 16.4. The third kappa shape index (κ3) is 3.22. The molecule has 1 aromatic rings. The Morgan fingerprint density at radius 1 is 1.30 bits per heavy atom. The first-order valence-corrected chi connectivity index (χ1v) is 7.21. The summed E-state index contributed by atoms with van der Waals surface area (Å²) in [5.41, 5.74) is 8.70. The molecule has 3 N–H and O–H groups in total. The van der Waals surface area contributed by atoms with E-state index in [4.69, 9.17) is 10.9 Å². The minimum absolute atomic E-state index is 0.168. The highest BCUT2D eigenvalue weighted by molar-refractivity contribution is 5.98. The van der Waals surface area contributed by atoms with Gasteiger partial charge in [-0.3, -0.25) is 4.90 Å². The summed E-state index contributed by atoms with van der Waals surface area (Å²) in [5.74, 6) is 0.168. The van der Waals surface area contributed by atoms with Crippen molar-refractivity contribution in [2.24, 2.45) is 10.9 Å². The topological polar surface area (TPSA) is 65.1 Å². The molecule has 5 heteroatoms. The zero-order chi connectivity index (χ0) is 14.5. The van der Waals surface area contributed by atoms with E-state index in [2.05, 4.69) is 34.0 Å². The lowest BCUT2D eigenvalue weighted by atomic mass is 10.1. The van der Waals surface area contributed by atoms with Gasteiger partial charge in [0.05, 0.1) is 0 Å². The molecule has 0 spiro atoms. The van der Waals surface area contributed by atoms with Crippen LogP contribution in [0.2, 0.25) is 0 Å². The molecule has 5 nitrogen and oxygen atoms in total. The van der Waals surface area contributed by atoms with Crippen molar-refractivity contribution < 1.29 is 5.21 Å².